The van der Waals surface area contributed by atoms with Gasteiger partial charge in [0.25, 0.3) is 5.91 Å². The molecule has 2 heterocycles. The van der Waals surface area contributed by atoms with Crippen LogP contribution in [0.5, 0.6) is 5.75 Å². The van der Waals surface area contributed by atoms with Crippen LogP contribution in [0.15, 0.2) is 22.7 Å². The van der Waals surface area contributed by atoms with Gasteiger partial charge in [-0.05, 0) is 38.3 Å². The predicted molar refractivity (Wildman–Crippen MR) is 112 cm³/mol. The normalized spacial score (nSPS) is 12.5. The number of aryl methyl sites for hydroxylation is 3. The first-order chi connectivity index (χ1) is 13.9. The minimum atomic E-state index is -0.244. The average molecular weight is 399 g/mol. The van der Waals surface area contributed by atoms with E-state index in [0.29, 0.717) is 17.0 Å². The highest BCUT2D eigenvalue weighted by Crippen LogP contribution is 2.29. The fourth-order valence-electron chi connectivity index (χ4n) is 3.59. The van der Waals surface area contributed by atoms with E-state index in [9.17, 15) is 4.79 Å². The summed E-state index contributed by atoms with van der Waals surface area (Å²) in [5.41, 5.74) is 3.00. The number of amides is 1. The molecule has 156 valence electrons. The Hall–Kier alpha value is -2.83. The number of rotatable bonds is 8. The second-order valence-electron chi connectivity index (χ2n) is 7.72. The zero-order valence-corrected chi connectivity index (χ0v) is 18.1. The Kier molecular flexibility index (Phi) is 6.25. The van der Waals surface area contributed by atoms with Crippen LogP contribution in [0.4, 0.5) is 0 Å². The first kappa shape index (κ1) is 20.9. The third-order valence-corrected chi connectivity index (χ3v) is 5.21. The minimum absolute atomic E-state index is 0.151. The lowest BCUT2D eigenvalue weighted by molar-refractivity contribution is 0.0920. The Morgan fingerprint density at radius 1 is 1.31 bits per heavy atom. The van der Waals surface area contributed by atoms with Crippen molar-refractivity contribution in [1.29, 1.82) is 0 Å². The van der Waals surface area contributed by atoms with Crippen LogP contribution in [0.3, 0.4) is 0 Å². The van der Waals surface area contributed by atoms with E-state index in [2.05, 4.69) is 35.8 Å². The Balaban J connectivity index is 2.05. The molecule has 0 spiro atoms. The molecule has 2 aromatic heterocycles. The van der Waals surface area contributed by atoms with E-state index in [-0.39, 0.29) is 17.9 Å². The molecule has 1 aromatic carbocycles. The van der Waals surface area contributed by atoms with Crippen molar-refractivity contribution in [2.45, 2.75) is 60.0 Å². The Bertz CT molecular complexity index is 984. The maximum absolute atomic E-state index is 13.0. The lowest BCUT2D eigenvalue weighted by Crippen LogP contribution is -2.34. The van der Waals surface area contributed by atoms with Gasteiger partial charge in [0.15, 0.2) is 0 Å². The van der Waals surface area contributed by atoms with Crippen LogP contribution < -0.4 is 10.1 Å². The number of methoxy groups -OCH3 is 1. The summed E-state index contributed by atoms with van der Waals surface area (Å²) in [6.07, 6.45) is 2.10. The summed E-state index contributed by atoms with van der Waals surface area (Å²) in [6, 6.07) is 5.64. The highest BCUT2D eigenvalue weighted by molar-refractivity contribution is 5.96. The smallest absolute Gasteiger partial charge is 0.257 e. The number of hydrogen-bond donors (Lipinski definition) is 1. The summed E-state index contributed by atoms with van der Waals surface area (Å²) in [5, 5.41) is 7.07. The number of carbonyl (C=O) groups excluding carboxylic acids is 1. The van der Waals surface area contributed by atoms with Gasteiger partial charge in [-0.3, -0.25) is 4.79 Å². The summed E-state index contributed by atoms with van der Waals surface area (Å²) in [6.45, 7) is 10.7. The molecule has 3 rings (SSSR count). The number of ether oxygens (including phenoxy) is 1. The number of unbranched alkanes of at least 4 members (excludes halogenated alkanes) is 1. The predicted octanol–water partition coefficient (Wildman–Crippen LogP) is 4.58. The number of fused-ring (bicyclic) bond motifs is 1. The molecule has 0 aliphatic heterocycles. The lowest BCUT2D eigenvalue weighted by atomic mass is 10.0. The number of nitrogens with zero attached hydrogens (tertiary/aromatic N) is 3. The van der Waals surface area contributed by atoms with E-state index in [1.807, 2.05) is 18.2 Å². The topological polar surface area (TPSA) is 82.2 Å². The van der Waals surface area contributed by atoms with Crippen molar-refractivity contribution in [3.8, 4) is 5.75 Å². The highest BCUT2D eigenvalue weighted by atomic mass is 16.5. The van der Waals surface area contributed by atoms with Crippen LogP contribution in [0.2, 0.25) is 0 Å². The van der Waals surface area contributed by atoms with Crippen LogP contribution in [-0.2, 0) is 6.54 Å². The van der Waals surface area contributed by atoms with Crippen LogP contribution >= 0.6 is 0 Å². The van der Waals surface area contributed by atoms with E-state index < -0.39 is 0 Å². The van der Waals surface area contributed by atoms with Gasteiger partial charge in [0.2, 0.25) is 0 Å². The quantitative estimate of drug-likeness (QED) is 0.601. The van der Waals surface area contributed by atoms with Crippen molar-refractivity contribution >= 4 is 16.9 Å². The lowest BCUT2D eigenvalue weighted by Gasteiger charge is -2.23. The van der Waals surface area contributed by atoms with E-state index in [4.69, 9.17) is 14.2 Å². The summed E-state index contributed by atoms with van der Waals surface area (Å²) in [4.78, 5) is 17.9. The molecule has 1 unspecified atom stereocenters. The summed E-state index contributed by atoms with van der Waals surface area (Å²) >= 11 is 0. The van der Waals surface area contributed by atoms with E-state index >= 15 is 0 Å². The van der Waals surface area contributed by atoms with E-state index in [1.54, 1.807) is 21.0 Å². The average Bonchev–Trinajstić information content (AvgIpc) is 3.22. The molecule has 0 bridgehead atoms. The van der Waals surface area contributed by atoms with Crippen molar-refractivity contribution in [2.24, 2.45) is 5.92 Å². The molecule has 3 aromatic rings. The second-order valence-corrected chi connectivity index (χ2v) is 7.72. The van der Waals surface area contributed by atoms with Crippen molar-refractivity contribution in [3.63, 3.8) is 0 Å². The third kappa shape index (κ3) is 4.13. The third-order valence-electron chi connectivity index (χ3n) is 5.21. The second kappa shape index (κ2) is 8.68. The molecule has 1 atom stereocenters. The van der Waals surface area contributed by atoms with Crippen LogP contribution in [0.25, 0.3) is 11.0 Å². The molecule has 1 N–H and O–H groups in total. The van der Waals surface area contributed by atoms with E-state index in [1.165, 1.54) is 0 Å². The molecular weight excluding hydrogens is 368 g/mol. The number of imidazole rings is 1. The Morgan fingerprint density at radius 3 is 2.66 bits per heavy atom. The van der Waals surface area contributed by atoms with Gasteiger partial charge in [0.05, 0.1) is 29.9 Å². The van der Waals surface area contributed by atoms with Gasteiger partial charge in [-0.15, -0.1) is 0 Å². The number of nitrogens with one attached hydrogen (secondary N) is 1. The van der Waals surface area contributed by atoms with Gasteiger partial charge in [0.1, 0.15) is 22.9 Å². The standard InChI is InChI=1S/C22H30N4O3/c1-7-8-11-26-18-12-16(28-6)9-10-17(18)23-21(26)20(13(2)3)24-22(27)19-14(4)25-29-15(19)5/h9-10,12-13,20H,7-8,11H2,1-6H3,(H,24,27). The van der Waals surface area contributed by atoms with Gasteiger partial charge < -0.3 is 19.1 Å². The van der Waals surface area contributed by atoms with Crippen molar-refractivity contribution in [2.75, 3.05) is 7.11 Å². The number of aromatic nitrogens is 3. The molecule has 7 heteroatoms. The van der Waals surface area contributed by atoms with Crippen LogP contribution in [-0.4, -0.2) is 27.7 Å². The SMILES string of the molecule is CCCCn1c(C(NC(=O)c2c(C)noc2C)C(C)C)nc2ccc(OC)cc21. The Labute approximate surface area is 171 Å². The summed E-state index contributed by atoms with van der Waals surface area (Å²) in [5.74, 6) is 2.14. The first-order valence-corrected chi connectivity index (χ1v) is 10.1. The Morgan fingerprint density at radius 2 is 2.07 bits per heavy atom. The highest BCUT2D eigenvalue weighted by Gasteiger charge is 2.28. The molecule has 0 radical (unpaired) electrons. The number of carbonyl (C=O) groups is 1. The first-order valence-electron chi connectivity index (χ1n) is 10.1. The molecule has 0 aliphatic carbocycles. The summed E-state index contributed by atoms with van der Waals surface area (Å²) < 4.78 is 12.8. The van der Waals surface area contributed by atoms with E-state index in [0.717, 1.165) is 42.0 Å². The van der Waals surface area contributed by atoms with Crippen LogP contribution in [0, 0.1) is 19.8 Å². The van der Waals surface area contributed by atoms with Gasteiger partial charge in [-0.1, -0.05) is 32.3 Å². The zero-order chi connectivity index (χ0) is 21.1. The van der Waals surface area contributed by atoms with Crippen molar-refractivity contribution < 1.29 is 14.1 Å². The van der Waals surface area contributed by atoms with Crippen molar-refractivity contribution in [1.82, 2.24) is 20.0 Å². The minimum Gasteiger partial charge on any atom is -0.497 e. The molecule has 7 nitrogen and oxygen atoms in total. The largest absolute Gasteiger partial charge is 0.497 e. The molecule has 0 aliphatic rings. The molecule has 0 fully saturated rings. The van der Waals surface area contributed by atoms with Gasteiger partial charge in [-0.25, -0.2) is 4.98 Å². The fourth-order valence-corrected chi connectivity index (χ4v) is 3.59. The maximum atomic E-state index is 13.0. The van der Waals surface area contributed by atoms with Gasteiger partial charge in [0, 0.05) is 12.6 Å². The fraction of sp³-hybridized carbons (Fsp3) is 0.500. The number of benzene rings is 1. The summed E-state index contributed by atoms with van der Waals surface area (Å²) in [7, 11) is 1.66. The number of hydrogen-bond acceptors (Lipinski definition) is 5. The van der Waals surface area contributed by atoms with Crippen LogP contribution in [0.1, 0.15) is 67.3 Å². The monoisotopic (exact) mass is 398 g/mol. The molecule has 0 saturated heterocycles. The zero-order valence-electron chi connectivity index (χ0n) is 18.1. The van der Waals surface area contributed by atoms with Crippen molar-refractivity contribution in [3.05, 3.63) is 41.0 Å². The molecule has 0 saturated carbocycles. The molecular formula is C22H30N4O3. The van der Waals surface area contributed by atoms with Gasteiger partial charge in [-0.2, -0.15) is 0 Å². The van der Waals surface area contributed by atoms with Gasteiger partial charge >= 0.3 is 0 Å². The maximum Gasteiger partial charge on any atom is 0.257 e. The molecule has 29 heavy (non-hydrogen) atoms. The molecule has 1 amide bonds.